The van der Waals surface area contributed by atoms with Gasteiger partial charge >= 0.3 is 0 Å². The van der Waals surface area contributed by atoms with Gasteiger partial charge in [-0.1, -0.05) is 19.8 Å². The molecule has 0 radical (unpaired) electrons. The fourth-order valence-electron chi connectivity index (χ4n) is 2.46. The van der Waals surface area contributed by atoms with Crippen LogP contribution in [0.1, 0.15) is 43.0 Å². The van der Waals surface area contributed by atoms with Crippen LogP contribution in [0, 0.1) is 23.5 Å². The molecule has 0 aromatic heterocycles. The van der Waals surface area contributed by atoms with Gasteiger partial charge in [0.2, 0.25) is 0 Å². The summed E-state index contributed by atoms with van der Waals surface area (Å²) in [5.74, 6) is -1.39. The highest BCUT2D eigenvalue weighted by Gasteiger charge is 2.27. The Morgan fingerprint density at radius 3 is 2.44 bits per heavy atom. The standard InChI is InChI=1S/C14H15BrF2O/c1-8-2-4-9(5-3-8)14(18)10-6-7-11(16)13(17)12(10)15/h6-9H,2-5H2,1H3. The van der Waals surface area contributed by atoms with Crippen LogP contribution < -0.4 is 0 Å². The van der Waals surface area contributed by atoms with E-state index in [0.29, 0.717) is 5.92 Å². The first kappa shape index (κ1) is 13.7. The summed E-state index contributed by atoms with van der Waals surface area (Å²) in [6, 6.07) is 2.38. The summed E-state index contributed by atoms with van der Waals surface area (Å²) in [5.41, 5.74) is 0.258. The van der Waals surface area contributed by atoms with Crippen molar-refractivity contribution in [2.75, 3.05) is 0 Å². The van der Waals surface area contributed by atoms with Crippen molar-refractivity contribution in [3.05, 3.63) is 33.8 Å². The average molecular weight is 317 g/mol. The molecule has 18 heavy (non-hydrogen) atoms. The molecule has 98 valence electrons. The molecule has 1 fully saturated rings. The number of rotatable bonds is 2. The Kier molecular flexibility index (Phi) is 4.15. The number of hydrogen-bond acceptors (Lipinski definition) is 1. The van der Waals surface area contributed by atoms with Gasteiger partial charge in [0.15, 0.2) is 17.4 Å². The minimum atomic E-state index is -0.981. The lowest BCUT2D eigenvalue weighted by Gasteiger charge is -2.25. The van der Waals surface area contributed by atoms with Crippen LogP contribution in [0.15, 0.2) is 16.6 Å². The van der Waals surface area contributed by atoms with Crippen molar-refractivity contribution >= 4 is 21.7 Å². The average Bonchev–Trinajstić information content (AvgIpc) is 2.36. The molecule has 2 rings (SSSR count). The smallest absolute Gasteiger partial charge is 0.173 e. The largest absolute Gasteiger partial charge is 0.294 e. The highest BCUT2D eigenvalue weighted by atomic mass is 79.9. The highest BCUT2D eigenvalue weighted by molar-refractivity contribution is 9.10. The maximum absolute atomic E-state index is 13.4. The van der Waals surface area contributed by atoms with Gasteiger partial charge in [-0.05, 0) is 46.8 Å². The molecule has 0 spiro atoms. The van der Waals surface area contributed by atoms with Crippen LogP contribution in [-0.2, 0) is 0 Å². The Hall–Kier alpha value is -0.770. The van der Waals surface area contributed by atoms with Crippen molar-refractivity contribution in [1.82, 2.24) is 0 Å². The van der Waals surface area contributed by atoms with E-state index >= 15 is 0 Å². The first-order valence-corrected chi connectivity index (χ1v) is 6.97. The normalized spacial score (nSPS) is 24.0. The molecule has 4 heteroatoms. The van der Waals surface area contributed by atoms with Crippen LogP contribution >= 0.6 is 15.9 Å². The fourth-order valence-corrected chi connectivity index (χ4v) is 2.98. The third-order valence-corrected chi connectivity index (χ3v) is 4.46. The molecule has 1 aromatic carbocycles. The van der Waals surface area contributed by atoms with Crippen molar-refractivity contribution in [3.63, 3.8) is 0 Å². The quantitative estimate of drug-likeness (QED) is 0.569. The molecule has 1 aromatic rings. The molecular formula is C14H15BrF2O. The summed E-state index contributed by atoms with van der Waals surface area (Å²) in [5, 5.41) is 0. The SMILES string of the molecule is CC1CCC(C(=O)c2ccc(F)c(F)c2Br)CC1. The number of benzene rings is 1. The zero-order valence-corrected chi connectivity index (χ0v) is 11.8. The summed E-state index contributed by atoms with van der Waals surface area (Å²) >= 11 is 2.97. The first-order valence-electron chi connectivity index (χ1n) is 6.18. The van der Waals surface area contributed by atoms with Gasteiger partial charge in [-0.25, -0.2) is 8.78 Å². The van der Waals surface area contributed by atoms with E-state index in [1.807, 2.05) is 0 Å². The van der Waals surface area contributed by atoms with E-state index in [4.69, 9.17) is 0 Å². The maximum atomic E-state index is 13.4. The lowest BCUT2D eigenvalue weighted by atomic mass is 9.79. The number of carbonyl (C=O) groups excluding carboxylic acids is 1. The Bertz CT molecular complexity index is 465. The van der Waals surface area contributed by atoms with Gasteiger partial charge in [0.25, 0.3) is 0 Å². The third-order valence-electron chi connectivity index (χ3n) is 3.69. The molecule has 0 saturated heterocycles. The zero-order chi connectivity index (χ0) is 13.3. The predicted octanol–water partition coefficient (Wildman–Crippen LogP) is 4.74. The molecule has 0 N–H and O–H groups in total. The minimum absolute atomic E-state index is 0.0499. The summed E-state index contributed by atoms with van der Waals surface area (Å²) < 4.78 is 26.4. The molecule has 0 atom stereocenters. The van der Waals surface area contributed by atoms with E-state index in [1.54, 1.807) is 0 Å². The van der Waals surface area contributed by atoms with Crippen molar-refractivity contribution in [2.24, 2.45) is 11.8 Å². The molecule has 0 unspecified atom stereocenters. The highest BCUT2D eigenvalue weighted by Crippen LogP contribution is 2.33. The molecular weight excluding hydrogens is 302 g/mol. The van der Waals surface area contributed by atoms with Crippen LogP contribution in [0.3, 0.4) is 0 Å². The van der Waals surface area contributed by atoms with Crippen LogP contribution in [0.25, 0.3) is 0 Å². The number of halogens is 3. The van der Waals surface area contributed by atoms with Crippen molar-refractivity contribution < 1.29 is 13.6 Å². The van der Waals surface area contributed by atoms with Crippen LogP contribution in [0.2, 0.25) is 0 Å². The number of carbonyl (C=O) groups is 1. The number of ketones is 1. The van der Waals surface area contributed by atoms with Crippen molar-refractivity contribution in [1.29, 1.82) is 0 Å². The molecule has 0 amide bonds. The lowest BCUT2D eigenvalue weighted by Crippen LogP contribution is -2.21. The molecule has 0 aliphatic heterocycles. The Labute approximate surface area is 114 Å². The van der Waals surface area contributed by atoms with E-state index in [2.05, 4.69) is 22.9 Å². The van der Waals surface area contributed by atoms with Crippen molar-refractivity contribution in [3.8, 4) is 0 Å². The fraction of sp³-hybridized carbons (Fsp3) is 0.500. The van der Waals surface area contributed by atoms with E-state index in [9.17, 15) is 13.6 Å². The van der Waals surface area contributed by atoms with Crippen molar-refractivity contribution in [2.45, 2.75) is 32.6 Å². The number of hydrogen-bond donors (Lipinski definition) is 0. The molecule has 1 saturated carbocycles. The molecule has 1 aliphatic carbocycles. The summed E-state index contributed by atoms with van der Waals surface area (Å²) in [7, 11) is 0. The Morgan fingerprint density at radius 1 is 1.22 bits per heavy atom. The molecule has 1 aliphatic rings. The minimum Gasteiger partial charge on any atom is -0.294 e. The van der Waals surface area contributed by atoms with Gasteiger partial charge in [-0.2, -0.15) is 0 Å². The van der Waals surface area contributed by atoms with E-state index in [-0.39, 0.29) is 21.7 Å². The van der Waals surface area contributed by atoms with Crippen LogP contribution in [0.4, 0.5) is 8.78 Å². The van der Waals surface area contributed by atoms with E-state index < -0.39 is 11.6 Å². The summed E-state index contributed by atoms with van der Waals surface area (Å²) in [4.78, 5) is 12.3. The van der Waals surface area contributed by atoms with Gasteiger partial charge in [0.1, 0.15) is 0 Å². The second-order valence-electron chi connectivity index (χ2n) is 5.04. The topological polar surface area (TPSA) is 17.1 Å². The van der Waals surface area contributed by atoms with Gasteiger partial charge in [-0.3, -0.25) is 4.79 Å². The van der Waals surface area contributed by atoms with Gasteiger partial charge in [0, 0.05) is 11.5 Å². The van der Waals surface area contributed by atoms with E-state index in [1.165, 1.54) is 6.07 Å². The molecule has 1 nitrogen and oxygen atoms in total. The summed E-state index contributed by atoms with van der Waals surface area (Å²) in [6.45, 7) is 2.17. The second kappa shape index (κ2) is 5.47. The lowest BCUT2D eigenvalue weighted by molar-refractivity contribution is 0.0874. The Morgan fingerprint density at radius 2 is 1.83 bits per heavy atom. The predicted molar refractivity (Wildman–Crippen MR) is 69.5 cm³/mol. The van der Waals surface area contributed by atoms with E-state index in [0.717, 1.165) is 31.7 Å². The Balaban J connectivity index is 2.21. The number of Topliss-reactive ketones (excluding diaryl/α,β-unsaturated/α-hetero) is 1. The zero-order valence-electron chi connectivity index (χ0n) is 10.2. The van der Waals surface area contributed by atoms with Crippen LogP contribution in [0.5, 0.6) is 0 Å². The third kappa shape index (κ3) is 2.63. The van der Waals surface area contributed by atoms with Crippen LogP contribution in [-0.4, -0.2) is 5.78 Å². The molecule has 0 heterocycles. The van der Waals surface area contributed by atoms with Gasteiger partial charge in [-0.15, -0.1) is 0 Å². The second-order valence-corrected chi connectivity index (χ2v) is 5.84. The van der Waals surface area contributed by atoms with Gasteiger partial charge in [0.05, 0.1) is 4.47 Å². The maximum Gasteiger partial charge on any atom is 0.173 e. The summed E-state index contributed by atoms with van der Waals surface area (Å²) in [6.07, 6.45) is 3.73. The monoisotopic (exact) mass is 316 g/mol. The van der Waals surface area contributed by atoms with Gasteiger partial charge < -0.3 is 0 Å². The first-order chi connectivity index (χ1) is 8.50. The molecule has 0 bridgehead atoms.